The van der Waals surface area contributed by atoms with Crippen LogP contribution in [0.1, 0.15) is 17.3 Å². The van der Waals surface area contributed by atoms with Gasteiger partial charge < -0.3 is 16.4 Å². The van der Waals surface area contributed by atoms with Gasteiger partial charge in [-0.25, -0.2) is 0 Å². The Morgan fingerprint density at radius 2 is 1.81 bits per heavy atom. The largest absolute Gasteiger partial charge is 0.399 e. The Morgan fingerprint density at radius 1 is 1.14 bits per heavy atom. The Hall–Kier alpha value is -1.91. The van der Waals surface area contributed by atoms with E-state index in [1.165, 1.54) is 0 Å². The van der Waals surface area contributed by atoms with Crippen LogP contribution in [0.3, 0.4) is 0 Å². The summed E-state index contributed by atoms with van der Waals surface area (Å²) in [5, 5.41) is 6.91. The number of nitrogens with two attached hydrogens (primary N) is 1. The molecule has 0 spiro atoms. The summed E-state index contributed by atoms with van der Waals surface area (Å²) in [6.07, 6.45) is 0. The van der Waals surface area contributed by atoms with Crippen LogP contribution < -0.4 is 16.4 Å². The molecule has 0 bridgehead atoms. The zero-order chi connectivity index (χ0) is 15.4. The van der Waals surface area contributed by atoms with Gasteiger partial charge in [0.05, 0.1) is 11.3 Å². The predicted molar refractivity (Wildman–Crippen MR) is 88.6 cm³/mol. The number of anilines is 3. The topological polar surface area (TPSA) is 67.2 Å². The molecule has 2 aromatic carbocycles. The molecule has 21 heavy (non-hydrogen) atoms. The molecule has 0 aliphatic carbocycles. The first-order valence-electron chi connectivity index (χ1n) is 6.40. The second kappa shape index (κ2) is 6.70. The number of amides is 1. The van der Waals surface area contributed by atoms with E-state index in [4.69, 9.17) is 28.9 Å². The number of nitrogens with one attached hydrogen (secondary N) is 2. The molecule has 0 heterocycles. The van der Waals surface area contributed by atoms with E-state index in [-0.39, 0.29) is 5.91 Å². The third-order valence-electron chi connectivity index (χ3n) is 2.77. The van der Waals surface area contributed by atoms with Crippen LogP contribution in [0, 0.1) is 0 Å². The molecule has 2 aromatic rings. The second-order valence-electron chi connectivity index (χ2n) is 4.45. The van der Waals surface area contributed by atoms with Crippen molar-refractivity contribution in [2.75, 3.05) is 17.6 Å². The molecule has 2 rings (SSSR count). The molecule has 110 valence electrons. The predicted octanol–water partition coefficient (Wildman–Crippen LogP) is 4.07. The standard InChI is InChI=1S/C15H15Cl2N3O/c1-2-19-15(21)13-8-11(18)3-4-14(13)20-12-6-9(16)5-10(17)7-12/h3-8,20H,2,18H2,1H3,(H,19,21). The Kier molecular flexibility index (Phi) is 4.94. The van der Waals surface area contributed by atoms with E-state index in [1.807, 2.05) is 6.92 Å². The fraction of sp³-hybridized carbons (Fsp3) is 0.133. The van der Waals surface area contributed by atoms with Gasteiger partial charge in [-0.2, -0.15) is 0 Å². The summed E-state index contributed by atoms with van der Waals surface area (Å²) in [7, 11) is 0. The van der Waals surface area contributed by atoms with Gasteiger partial charge in [0.1, 0.15) is 0 Å². The number of carbonyl (C=O) groups excluding carboxylic acids is 1. The Labute approximate surface area is 133 Å². The number of halogens is 2. The van der Waals surface area contributed by atoms with Gasteiger partial charge in [0.15, 0.2) is 0 Å². The minimum Gasteiger partial charge on any atom is -0.399 e. The summed E-state index contributed by atoms with van der Waals surface area (Å²) in [4.78, 5) is 12.1. The molecule has 0 aliphatic rings. The van der Waals surface area contributed by atoms with Gasteiger partial charge in [0.25, 0.3) is 5.91 Å². The van der Waals surface area contributed by atoms with Crippen molar-refractivity contribution in [3.8, 4) is 0 Å². The van der Waals surface area contributed by atoms with Crippen molar-refractivity contribution in [1.82, 2.24) is 5.32 Å². The maximum Gasteiger partial charge on any atom is 0.253 e. The van der Waals surface area contributed by atoms with Crippen molar-refractivity contribution < 1.29 is 4.79 Å². The molecule has 0 fully saturated rings. The van der Waals surface area contributed by atoms with Gasteiger partial charge in [0, 0.05) is 28.0 Å². The van der Waals surface area contributed by atoms with E-state index in [0.717, 1.165) is 0 Å². The number of carbonyl (C=O) groups is 1. The Bertz CT molecular complexity index is 654. The average Bonchev–Trinajstić information content (AvgIpc) is 2.40. The minimum absolute atomic E-state index is 0.194. The maximum atomic E-state index is 12.1. The zero-order valence-electron chi connectivity index (χ0n) is 11.4. The molecular weight excluding hydrogens is 309 g/mol. The van der Waals surface area contributed by atoms with Crippen molar-refractivity contribution in [3.63, 3.8) is 0 Å². The summed E-state index contributed by atoms with van der Waals surface area (Å²) in [5.74, 6) is -0.194. The second-order valence-corrected chi connectivity index (χ2v) is 5.32. The van der Waals surface area contributed by atoms with Crippen LogP contribution in [-0.2, 0) is 0 Å². The molecule has 0 atom stereocenters. The van der Waals surface area contributed by atoms with Crippen molar-refractivity contribution in [2.45, 2.75) is 6.92 Å². The molecule has 6 heteroatoms. The van der Waals surface area contributed by atoms with Crippen LogP contribution in [-0.4, -0.2) is 12.5 Å². The monoisotopic (exact) mass is 323 g/mol. The number of benzene rings is 2. The first-order chi connectivity index (χ1) is 9.99. The molecule has 0 aliphatic heterocycles. The molecular formula is C15H15Cl2N3O. The van der Waals surface area contributed by atoms with E-state index in [0.29, 0.717) is 39.2 Å². The minimum atomic E-state index is -0.194. The summed E-state index contributed by atoms with van der Waals surface area (Å²) in [6.45, 7) is 2.39. The number of hydrogen-bond donors (Lipinski definition) is 3. The number of rotatable bonds is 4. The van der Waals surface area contributed by atoms with Gasteiger partial charge in [-0.3, -0.25) is 4.79 Å². The van der Waals surface area contributed by atoms with E-state index < -0.39 is 0 Å². The number of nitrogen functional groups attached to an aromatic ring is 1. The van der Waals surface area contributed by atoms with Gasteiger partial charge in [-0.15, -0.1) is 0 Å². The number of hydrogen-bond acceptors (Lipinski definition) is 3. The van der Waals surface area contributed by atoms with Crippen molar-refractivity contribution in [1.29, 1.82) is 0 Å². The van der Waals surface area contributed by atoms with Crippen molar-refractivity contribution in [3.05, 3.63) is 52.0 Å². The smallest absolute Gasteiger partial charge is 0.253 e. The quantitative estimate of drug-likeness (QED) is 0.743. The van der Waals surface area contributed by atoms with E-state index in [1.54, 1.807) is 36.4 Å². The molecule has 4 nitrogen and oxygen atoms in total. The molecule has 0 saturated carbocycles. The highest BCUT2D eigenvalue weighted by atomic mass is 35.5. The average molecular weight is 324 g/mol. The molecule has 0 aromatic heterocycles. The third-order valence-corrected chi connectivity index (χ3v) is 3.20. The lowest BCUT2D eigenvalue weighted by Gasteiger charge is -2.13. The fourth-order valence-electron chi connectivity index (χ4n) is 1.90. The Balaban J connectivity index is 2.37. The highest BCUT2D eigenvalue weighted by Gasteiger charge is 2.12. The SMILES string of the molecule is CCNC(=O)c1cc(N)ccc1Nc1cc(Cl)cc(Cl)c1. The lowest BCUT2D eigenvalue weighted by molar-refractivity contribution is 0.0956. The summed E-state index contributed by atoms with van der Waals surface area (Å²) in [6, 6.07) is 10.2. The van der Waals surface area contributed by atoms with Crippen molar-refractivity contribution in [2.24, 2.45) is 0 Å². The summed E-state index contributed by atoms with van der Waals surface area (Å²) in [5.41, 5.74) is 8.07. The highest BCUT2D eigenvalue weighted by molar-refractivity contribution is 6.35. The lowest BCUT2D eigenvalue weighted by atomic mass is 10.1. The zero-order valence-corrected chi connectivity index (χ0v) is 12.9. The van der Waals surface area contributed by atoms with Crippen LogP contribution in [0.2, 0.25) is 10.0 Å². The van der Waals surface area contributed by atoms with Gasteiger partial charge in [0.2, 0.25) is 0 Å². The van der Waals surface area contributed by atoms with Crippen LogP contribution in [0.5, 0.6) is 0 Å². The fourth-order valence-corrected chi connectivity index (χ4v) is 2.42. The van der Waals surface area contributed by atoms with Gasteiger partial charge in [-0.1, -0.05) is 23.2 Å². The van der Waals surface area contributed by atoms with Crippen LogP contribution in [0.4, 0.5) is 17.1 Å². The van der Waals surface area contributed by atoms with Gasteiger partial charge in [-0.05, 0) is 43.3 Å². The van der Waals surface area contributed by atoms with Crippen molar-refractivity contribution >= 4 is 46.2 Å². The van der Waals surface area contributed by atoms with Crippen LogP contribution in [0.25, 0.3) is 0 Å². The first kappa shape index (κ1) is 15.5. The van der Waals surface area contributed by atoms with Crippen LogP contribution >= 0.6 is 23.2 Å². The summed E-state index contributed by atoms with van der Waals surface area (Å²) < 4.78 is 0. The molecule has 1 amide bonds. The van der Waals surface area contributed by atoms with E-state index >= 15 is 0 Å². The lowest BCUT2D eigenvalue weighted by Crippen LogP contribution is -2.23. The normalized spacial score (nSPS) is 10.2. The maximum absolute atomic E-state index is 12.1. The molecule has 4 N–H and O–H groups in total. The molecule has 0 saturated heterocycles. The van der Waals surface area contributed by atoms with Gasteiger partial charge >= 0.3 is 0 Å². The first-order valence-corrected chi connectivity index (χ1v) is 7.16. The van der Waals surface area contributed by atoms with Crippen LogP contribution in [0.15, 0.2) is 36.4 Å². The highest BCUT2D eigenvalue weighted by Crippen LogP contribution is 2.27. The molecule has 0 radical (unpaired) electrons. The summed E-state index contributed by atoms with van der Waals surface area (Å²) >= 11 is 11.9. The third kappa shape index (κ3) is 4.03. The molecule has 0 unspecified atom stereocenters. The van der Waals surface area contributed by atoms with E-state index in [9.17, 15) is 4.79 Å². The Morgan fingerprint density at radius 3 is 2.43 bits per heavy atom. The van der Waals surface area contributed by atoms with E-state index in [2.05, 4.69) is 10.6 Å².